The lowest BCUT2D eigenvalue weighted by molar-refractivity contribution is -0.0175. The van der Waals surface area contributed by atoms with Crippen molar-refractivity contribution in [3.05, 3.63) is 12.2 Å². The predicted octanol–water partition coefficient (Wildman–Crippen LogP) is 11.4. The first-order chi connectivity index (χ1) is 22.6. The second kappa shape index (κ2) is 38.3. The number of ether oxygens (including phenoxy) is 3. The van der Waals surface area contributed by atoms with Crippen LogP contribution in [0.3, 0.4) is 0 Å². The third kappa shape index (κ3) is 37.3. The van der Waals surface area contributed by atoms with E-state index in [9.17, 15) is 4.79 Å². The van der Waals surface area contributed by atoms with Crippen LogP contribution in [0.15, 0.2) is 12.2 Å². The minimum atomic E-state index is -0.381. The first-order valence-electron chi connectivity index (χ1n) is 20.0. The van der Waals surface area contributed by atoms with Crippen LogP contribution in [-0.2, 0) is 14.2 Å². The lowest BCUT2D eigenvalue weighted by Crippen LogP contribution is -2.37. The van der Waals surface area contributed by atoms with E-state index in [1.807, 2.05) is 19.0 Å². The average molecular weight is 653 g/mol. The fraction of sp³-hybridized carbons (Fsp3) is 0.925. The van der Waals surface area contributed by atoms with Gasteiger partial charge in [-0.05, 0) is 52.6 Å². The maximum absolute atomic E-state index is 12.1. The number of alkyl carbamates (subject to hydrolysis) is 1. The van der Waals surface area contributed by atoms with E-state index in [2.05, 4.69) is 31.3 Å². The highest BCUT2D eigenvalue weighted by Crippen LogP contribution is 2.13. The summed E-state index contributed by atoms with van der Waals surface area (Å²) in [5.41, 5.74) is 0. The molecule has 0 fully saturated rings. The number of allylic oxidation sites excluding steroid dienone is 2. The molecule has 0 aliphatic carbocycles. The molecule has 0 bridgehead atoms. The zero-order valence-corrected chi connectivity index (χ0v) is 31.4. The van der Waals surface area contributed by atoms with Crippen molar-refractivity contribution >= 4 is 6.09 Å². The lowest BCUT2D eigenvalue weighted by atomic mass is 10.1. The van der Waals surface area contributed by atoms with Crippen molar-refractivity contribution in [3.8, 4) is 0 Å². The average Bonchev–Trinajstić information content (AvgIpc) is 3.04. The first-order valence-corrected chi connectivity index (χ1v) is 20.0. The smallest absolute Gasteiger partial charge is 0.407 e. The van der Waals surface area contributed by atoms with Gasteiger partial charge in [0.15, 0.2) is 0 Å². The van der Waals surface area contributed by atoms with Crippen LogP contribution >= 0.6 is 0 Å². The lowest BCUT2D eigenvalue weighted by Gasteiger charge is -2.19. The van der Waals surface area contributed by atoms with Crippen LogP contribution in [0.4, 0.5) is 4.79 Å². The molecule has 0 radical (unpaired) electrons. The number of hydrogen-bond donors (Lipinski definition) is 1. The van der Waals surface area contributed by atoms with Gasteiger partial charge in [-0.25, -0.2) is 4.79 Å². The van der Waals surface area contributed by atoms with Gasteiger partial charge in [0.1, 0.15) is 6.61 Å². The van der Waals surface area contributed by atoms with Gasteiger partial charge < -0.3 is 24.4 Å². The molecule has 0 aromatic heterocycles. The number of hydrogen-bond acceptors (Lipinski definition) is 5. The summed E-state index contributed by atoms with van der Waals surface area (Å²) >= 11 is 0. The number of unbranched alkanes of at least 4 members (excludes halogenated alkanes) is 23. The van der Waals surface area contributed by atoms with Crippen molar-refractivity contribution in [2.45, 2.75) is 187 Å². The summed E-state index contributed by atoms with van der Waals surface area (Å²) in [5, 5.41) is 2.87. The SMILES string of the molecule is CCCCCCCCC=CCCCCCCCCOC(CNC(=O)OCCN(C)C)COCCCCCCCCCCCCCC. The number of likely N-dealkylation sites (N-methyl/N-ethyl adjacent to an activating group) is 1. The summed E-state index contributed by atoms with van der Waals surface area (Å²) in [5.74, 6) is 0. The summed E-state index contributed by atoms with van der Waals surface area (Å²) < 4.78 is 17.4. The van der Waals surface area contributed by atoms with Gasteiger partial charge in [-0.1, -0.05) is 154 Å². The van der Waals surface area contributed by atoms with Crippen molar-refractivity contribution < 1.29 is 19.0 Å². The van der Waals surface area contributed by atoms with Gasteiger partial charge in [-0.3, -0.25) is 0 Å². The monoisotopic (exact) mass is 653 g/mol. The number of carbonyl (C=O) groups excluding carboxylic acids is 1. The molecule has 0 saturated carbocycles. The van der Waals surface area contributed by atoms with Gasteiger partial charge in [0, 0.05) is 26.3 Å². The Morgan fingerprint density at radius 2 is 1.02 bits per heavy atom. The topological polar surface area (TPSA) is 60.0 Å². The standard InChI is InChI=1S/C40H80N2O4/c1-5-7-9-11-13-15-17-19-20-21-22-24-26-28-30-32-35-45-39(37-41-40(43)46-36-33-42(3)4)38-44-34-31-29-27-25-23-18-16-14-12-10-8-6-2/h19-20,39H,5-18,21-38H2,1-4H3,(H,41,43). The second-order valence-electron chi connectivity index (χ2n) is 13.7. The van der Waals surface area contributed by atoms with Crippen LogP contribution in [0.25, 0.3) is 0 Å². The van der Waals surface area contributed by atoms with Gasteiger partial charge in [-0.2, -0.15) is 0 Å². The third-order valence-corrected chi connectivity index (χ3v) is 8.70. The molecular weight excluding hydrogens is 572 g/mol. The van der Waals surface area contributed by atoms with E-state index < -0.39 is 0 Å². The summed E-state index contributed by atoms with van der Waals surface area (Å²) in [4.78, 5) is 14.1. The molecule has 0 spiro atoms. The van der Waals surface area contributed by atoms with E-state index in [0.717, 1.165) is 19.4 Å². The molecule has 274 valence electrons. The van der Waals surface area contributed by atoms with E-state index in [4.69, 9.17) is 14.2 Å². The zero-order chi connectivity index (χ0) is 33.6. The number of nitrogens with zero attached hydrogens (tertiary/aromatic N) is 1. The number of amides is 1. The van der Waals surface area contributed by atoms with Crippen molar-refractivity contribution in [1.82, 2.24) is 10.2 Å². The third-order valence-electron chi connectivity index (χ3n) is 8.70. The minimum absolute atomic E-state index is 0.137. The molecule has 0 heterocycles. The summed E-state index contributed by atoms with van der Waals surface area (Å²) in [6.45, 7) is 8.07. The molecule has 0 aliphatic heterocycles. The molecule has 0 rings (SSSR count). The summed E-state index contributed by atoms with van der Waals surface area (Å²) in [7, 11) is 3.93. The van der Waals surface area contributed by atoms with Crippen molar-refractivity contribution in [1.29, 1.82) is 0 Å². The quantitative estimate of drug-likeness (QED) is 0.0534. The summed E-state index contributed by atoms with van der Waals surface area (Å²) in [6.07, 6.45) is 38.6. The Kier molecular flexibility index (Phi) is 37.4. The molecule has 1 amide bonds. The highest BCUT2D eigenvalue weighted by atomic mass is 16.6. The van der Waals surface area contributed by atoms with Gasteiger partial charge in [0.05, 0.1) is 12.7 Å². The van der Waals surface area contributed by atoms with E-state index >= 15 is 0 Å². The van der Waals surface area contributed by atoms with Crippen molar-refractivity contribution in [2.24, 2.45) is 0 Å². The minimum Gasteiger partial charge on any atom is -0.448 e. The van der Waals surface area contributed by atoms with Gasteiger partial charge in [0.2, 0.25) is 0 Å². The van der Waals surface area contributed by atoms with Crippen LogP contribution in [0.1, 0.15) is 181 Å². The molecule has 1 unspecified atom stereocenters. The Bertz CT molecular complexity index is 628. The molecule has 6 nitrogen and oxygen atoms in total. The Morgan fingerprint density at radius 1 is 0.587 bits per heavy atom. The molecular formula is C40H80N2O4. The van der Waals surface area contributed by atoms with E-state index in [0.29, 0.717) is 32.9 Å². The van der Waals surface area contributed by atoms with Crippen LogP contribution in [0, 0.1) is 0 Å². The van der Waals surface area contributed by atoms with Gasteiger partial charge in [-0.15, -0.1) is 0 Å². The highest BCUT2D eigenvalue weighted by molar-refractivity contribution is 5.67. The Hall–Kier alpha value is -1.11. The zero-order valence-electron chi connectivity index (χ0n) is 31.4. The number of nitrogens with one attached hydrogen (secondary N) is 1. The fourth-order valence-electron chi connectivity index (χ4n) is 5.59. The van der Waals surface area contributed by atoms with E-state index in [-0.39, 0.29) is 12.2 Å². The Morgan fingerprint density at radius 3 is 1.50 bits per heavy atom. The molecule has 1 N–H and O–H groups in total. The molecule has 1 atom stereocenters. The Labute approximate surface area is 287 Å². The summed E-state index contributed by atoms with van der Waals surface area (Å²) in [6, 6.07) is 0. The second-order valence-corrected chi connectivity index (χ2v) is 13.7. The van der Waals surface area contributed by atoms with Gasteiger partial charge >= 0.3 is 6.09 Å². The molecule has 0 aliphatic rings. The van der Waals surface area contributed by atoms with Crippen molar-refractivity contribution in [2.75, 3.05) is 53.6 Å². The predicted molar refractivity (Wildman–Crippen MR) is 199 cm³/mol. The number of carbonyl (C=O) groups is 1. The maximum Gasteiger partial charge on any atom is 0.407 e. The molecule has 6 heteroatoms. The molecule has 0 aromatic carbocycles. The first kappa shape index (κ1) is 44.9. The van der Waals surface area contributed by atoms with Crippen LogP contribution in [-0.4, -0.2) is 70.7 Å². The van der Waals surface area contributed by atoms with Crippen molar-refractivity contribution in [3.63, 3.8) is 0 Å². The van der Waals surface area contributed by atoms with Crippen LogP contribution in [0.5, 0.6) is 0 Å². The maximum atomic E-state index is 12.1. The van der Waals surface area contributed by atoms with Crippen LogP contribution < -0.4 is 5.32 Å². The normalized spacial score (nSPS) is 12.4. The number of rotatable bonds is 37. The molecule has 0 saturated heterocycles. The highest BCUT2D eigenvalue weighted by Gasteiger charge is 2.12. The molecule has 46 heavy (non-hydrogen) atoms. The fourth-order valence-corrected chi connectivity index (χ4v) is 5.59. The molecule has 0 aromatic rings. The van der Waals surface area contributed by atoms with Gasteiger partial charge in [0.25, 0.3) is 0 Å². The van der Waals surface area contributed by atoms with E-state index in [1.165, 1.54) is 154 Å². The van der Waals surface area contributed by atoms with E-state index in [1.54, 1.807) is 0 Å². The largest absolute Gasteiger partial charge is 0.448 e. The van der Waals surface area contributed by atoms with Crippen LogP contribution in [0.2, 0.25) is 0 Å². The Balaban J connectivity index is 3.94.